The molecule has 0 bridgehead atoms. The van der Waals surface area contributed by atoms with E-state index in [4.69, 9.17) is 56.8 Å². The Hall–Kier alpha value is -2.25. The maximum absolute atomic E-state index is 13.7. The molecular formula is C55H84O19. The van der Waals surface area contributed by atoms with Crippen LogP contribution in [0.3, 0.4) is 0 Å². The number of fused-ring (bicyclic) bond motifs is 5. The Labute approximate surface area is 435 Å². The normalized spacial score (nSPS) is 49.9. The van der Waals surface area contributed by atoms with Crippen LogP contribution in [-0.4, -0.2) is 191 Å². The number of aliphatic hydroxyl groups is 6. The van der Waals surface area contributed by atoms with Crippen molar-refractivity contribution in [1.82, 2.24) is 0 Å². The third-order valence-corrected chi connectivity index (χ3v) is 19.3. The molecule has 0 aromatic heterocycles. The molecule has 25 atom stereocenters. The number of methoxy groups -OCH3 is 3. The zero-order valence-corrected chi connectivity index (χ0v) is 44.8. The summed E-state index contributed by atoms with van der Waals surface area (Å²) in [6, 6.07) is 8.56. The number of carbonyl (C=O) groups is 1. The van der Waals surface area contributed by atoms with E-state index < -0.39 is 144 Å². The summed E-state index contributed by atoms with van der Waals surface area (Å²) in [5.74, 6) is -1.18. The van der Waals surface area contributed by atoms with Gasteiger partial charge in [0.25, 0.3) is 0 Å². The second-order valence-corrected chi connectivity index (χ2v) is 23.2. The first kappa shape index (κ1) is 56.5. The largest absolute Gasteiger partial charge is 0.458 e. The molecule has 418 valence electrons. The van der Waals surface area contributed by atoms with Crippen molar-refractivity contribution in [2.75, 3.05) is 21.3 Å². The fourth-order valence-electron chi connectivity index (χ4n) is 14.8. The van der Waals surface area contributed by atoms with Crippen LogP contribution >= 0.6 is 0 Å². The highest BCUT2D eigenvalue weighted by Gasteiger charge is 2.81. The highest BCUT2D eigenvalue weighted by atomic mass is 16.8. The Morgan fingerprint density at radius 2 is 1.20 bits per heavy atom. The van der Waals surface area contributed by atoms with Crippen molar-refractivity contribution >= 4 is 5.97 Å². The van der Waals surface area contributed by atoms with Crippen LogP contribution in [-0.2, 0) is 56.8 Å². The van der Waals surface area contributed by atoms with E-state index in [-0.39, 0.29) is 44.3 Å². The molecule has 8 aliphatic rings. The van der Waals surface area contributed by atoms with Crippen LogP contribution in [0.1, 0.15) is 129 Å². The smallest absolute Gasteiger partial charge is 0.338 e. The minimum absolute atomic E-state index is 0.00475. The molecule has 0 spiro atoms. The molecule has 4 aliphatic heterocycles. The molecule has 1 aromatic carbocycles. The third-order valence-electron chi connectivity index (χ3n) is 19.3. The number of ether oxygens (including phenoxy) is 12. The molecule has 9 rings (SSSR count). The van der Waals surface area contributed by atoms with Gasteiger partial charge in [0, 0.05) is 52.9 Å². The fourth-order valence-corrected chi connectivity index (χ4v) is 14.8. The predicted molar refractivity (Wildman–Crippen MR) is 262 cm³/mol. The van der Waals surface area contributed by atoms with Gasteiger partial charge in [0.2, 0.25) is 0 Å². The second kappa shape index (κ2) is 21.8. The molecule has 4 heterocycles. The van der Waals surface area contributed by atoms with E-state index >= 15 is 0 Å². The topological polar surface area (TPSA) is 249 Å². The summed E-state index contributed by atoms with van der Waals surface area (Å²) >= 11 is 0. The summed E-state index contributed by atoms with van der Waals surface area (Å²) < 4.78 is 74.8. The first-order valence-corrected chi connectivity index (χ1v) is 27.0. The van der Waals surface area contributed by atoms with E-state index in [9.17, 15) is 35.4 Å². The highest BCUT2D eigenvalue weighted by Crippen LogP contribution is 2.71. The lowest BCUT2D eigenvalue weighted by Gasteiger charge is -2.67. The van der Waals surface area contributed by atoms with Crippen molar-refractivity contribution in [3.63, 3.8) is 0 Å². The molecule has 3 saturated carbocycles. The monoisotopic (exact) mass is 1050 g/mol. The highest BCUT2D eigenvalue weighted by molar-refractivity contribution is 5.89. The van der Waals surface area contributed by atoms with Crippen LogP contribution in [0, 0.1) is 16.7 Å². The summed E-state index contributed by atoms with van der Waals surface area (Å²) in [7, 11) is 4.79. The lowest BCUT2D eigenvalue weighted by Crippen LogP contribution is -2.78. The first-order chi connectivity index (χ1) is 35.0. The molecule has 1 aromatic rings. The van der Waals surface area contributed by atoms with Crippen molar-refractivity contribution < 1.29 is 92.3 Å². The minimum atomic E-state index is -1.92. The number of hydrogen-bond donors (Lipinski definition) is 6. The number of benzene rings is 1. The van der Waals surface area contributed by atoms with Crippen molar-refractivity contribution in [3.8, 4) is 0 Å². The van der Waals surface area contributed by atoms with Crippen LogP contribution in [0.2, 0.25) is 0 Å². The van der Waals surface area contributed by atoms with E-state index in [2.05, 4.69) is 6.92 Å². The van der Waals surface area contributed by atoms with Gasteiger partial charge in [-0.1, -0.05) is 43.7 Å². The van der Waals surface area contributed by atoms with Crippen molar-refractivity contribution in [2.45, 2.75) is 253 Å². The molecule has 6 N–H and O–H groups in total. The Kier molecular flexibility index (Phi) is 16.6. The van der Waals surface area contributed by atoms with E-state index in [0.29, 0.717) is 44.1 Å². The van der Waals surface area contributed by atoms with E-state index in [1.165, 1.54) is 6.92 Å². The average Bonchev–Trinajstić information content (AvgIpc) is 3.60. The number of carbonyl (C=O) groups excluding carboxylic acids is 1. The number of hydrogen-bond acceptors (Lipinski definition) is 19. The van der Waals surface area contributed by atoms with Gasteiger partial charge in [-0.2, -0.15) is 0 Å². The first-order valence-electron chi connectivity index (χ1n) is 27.0. The third kappa shape index (κ3) is 9.76. The Morgan fingerprint density at radius 1 is 0.676 bits per heavy atom. The predicted octanol–water partition coefficient (Wildman–Crippen LogP) is 3.97. The van der Waals surface area contributed by atoms with Crippen LogP contribution in [0.4, 0.5) is 0 Å². The van der Waals surface area contributed by atoms with E-state index in [1.807, 2.05) is 26.8 Å². The maximum atomic E-state index is 13.7. The molecule has 0 unspecified atom stereocenters. The zero-order valence-electron chi connectivity index (χ0n) is 44.8. The minimum Gasteiger partial charge on any atom is -0.458 e. The van der Waals surface area contributed by atoms with Crippen LogP contribution < -0.4 is 0 Å². The SMILES string of the molecule is CO[C@H]1C[C@H](O[C@@H]2[C@@H](C)O[C@@H](O[C@@H]3[C@@H](C)O[C@@H](O[C@H]4[C@@H](O)C[C@H](O[C@H]5CC[C@@]6(C)C(=CC[C@]7(O)[C@@H]6C[C@@H](OC(=O)c6ccccc6)[C@@]6(C)[C@]7(O)CC[C@@]6(O)[C@H](C)O)C5)O[C@@H]4C)C[C@H]3OC)C[C@H]2OC)O[C@H](C)[C@H]1O. The van der Waals surface area contributed by atoms with Gasteiger partial charge in [0.05, 0.1) is 72.0 Å². The van der Waals surface area contributed by atoms with Gasteiger partial charge >= 0.3 is 5.97 Å². The summed E-state index contributed by atoms with van der Waals surface area (Å²) in [5, 5.41) is 71.3. The molecule has 0 radical (unpaired) electrons. The van der Waals surface area contributed by atoms with Gasteiger partial charge in [0.1, 0.15) is 47.3 Å². The van der Waals surface area contributed by atoms with Crippen LogP contribution in [0.15, 0.2) is 42.0 Å². The maximum Gasteiger partial charge on any atom is 0.338 e. The van der Waals surface area contributed by atoms with Gasteiger partial charge in [-0.15, -0.1) is 0 Å². The number of rotatable bonds is 14. The fraction of sp³-hybridized carbons (Fsp3) is 0.836. The molecular weight excluding hydrogens is 965 g/mol. The van der Waals surface area contributed by atoms with Gasteiger partial charge in [0.15, 0.2) is 25.2 Å². The molecule has 4 aliphatic carbocycles. The van der Waals surface area contributed by atoms with Gasteiger partial charge in [-0.25, -0.2) is 4.79 Å². The standard InChI is InChI=1S/C55H84O19/c1-28-46(58)37(63-8)24-43(66-28)73-48-31(4)69-45(26-39(48)65-10)74-49-30(3)68-44(25-38(49)64-9)72-47-29(2)67-42(23-36(47)57)70-35-17-18-51(6)34(22-35)16-19-54(61)40(51)27-41(71-50(59)33-14-12-11-13-15-33)52(7)53(60,32(5)56)20-21-55(52,54)62/h11-16,28-32,35-49,56-58,60-62H,17-27H2,1-10H3/t28-,29-,30-,31-,32+,35+,36+,37+,38-,39-,40-,41-,42+,43+,44+,45+,46-,47-,48-,49-,51+,52-,53-,54+,55-/m1/s1. The Bertz CT molecular complexity index is 2100. The molecule has 7 fully saturated rings. The van der Waals surface area contributed by atoms with Crippen molar-refractivity contribution in [2.24, 2.45) is 16.7 Å². The van der Waals surface area contributed by atoms with Crippen molar-refractivity contribution in [3.05, 3.63) is 47.5 Å². The molecule has 19 heteroatoms. The summed E-state index contributed by atoms with van der Waals surface area (Å²) in [5.41, 5.74) is -6.34. The lowest BCUT2D eigenvalue weighted by molar-refractivity contribution is -0.346. The van der Waals surface area contributed by atoms with E-state index in [1.54, 1.807) is 65.5 Å². The van der Waals surface area contributed by atoms with Gasteiger partial charge < -0.3 is 87.5 Å². The van der Waals surface area contributed by atoms with Gasteiger partial charge in [-0.3, -0.25) is 0 Å². The zero-order chi connectivity index (χ0) is 53.3. The summed E-state index contributed by atoms with van der Waals surface area (Å²) in [6.07, 6.45) is -6.84. The summed E-state index contributed by atoms with van der Waals surface area (Å²) in [4.78, 5) is 13.7. The molecule has 74 heavy (non-hydrogen) atoms. The number of esters is 1. The second-order valence-electron chi connectivity index (χ2n) is 23.2. The molecule has 4 saturated heterocycles. The Balaban J connectivity index is 0.798. The van der Waals surface area contributed by atoms with Crippen LogP contribution in [0.25, 0.3) is 0 Å². The quantitative estimate of drug-likeness (QED) is 0.114. The van der Waals surface area contributed by atoms with E-state index in [0.717, 1.165) is 5.57 Å². The average molecular weight is 1050 g/mol. The summed E-state index contributed by atoms with van der Waals surface area (Å²) in [6.45, 7) is 12.6. The van der Waals surface area contributed by atoms with Crippen LogP contribution in [0.5, 0.6) is 0 Å². The number of aliphatic hydroxyl groups excluding tert-OH is 3. The molecule has 0 amide bonds. The van der Waals surface area contributed by atoms with Crippen molar-refractivity contribution in [1.29, 1.82) is 0 Å². The molecule has 19 nitrogen and oxygen atoms in total. The van der Waals surface area contributed by atoms with Gasteiger partial charge in [-0.05, 0) is 97.1 Å². The lowest BCUT2D eigenvalue weighted by atomic mass is 9.42. The Morgan fingerprint density at radius 3 is 1.76 bits per heavy atom.